The van der Waals surface area contributed by atoms with Gasteiger partial charge in [0.25, 0.3) is 0 Å². The molecular weight excluding hydrogens is 457 g/mol. The van der Waals surface area contributed by atoms with E-state index in [9.17, 15) is 21.6 Å². The van der Waals surface area contributed by atoms with E-state index in [0.717, 1.165) is 6.20 Å². The molecule has 0 radical (unpaired) electrons. The van der Waals surface area contributed by atoms with Crippen LogP contribution in [0.4, 0.5) is 24.8 Å². The molecule has 3 heterocycles. The summed E-state index contributed by atoms with van der Waals surface area (Å²) >= 11 is 0. The molecule has 0 bridgehead atoms. The number of alkyl halides is 3. The monoisotopic (exact) mass is 480 g/mol. The SMILES string of the molecule is Cc1cc(S(=O)(=O)C2CCNCC2)ccc1Nc1ncc(C(F)(F)F)c(-c2cnn(C)c2)n1. The maximum Gasteiger partial charge on any atom is 0.419 e. The summed E-state index contributed by atoms with van der Waals surface area (Å²) in [5.41, 5.74) is 0.0417. The first kappa shape index (κ1) is 23.2. The lowest BCUT2D eigenvalue weighted by Gasteiger charge is -2.23. The summed E-state index contributed by atoms with van der Waals surface area (Å²) in [4.78, 5) is 8.13. The second-order valence-electron chi connectivity index (χ2n) is 7.95. The Kier molecular flexibility index (Phi) is 6.14. The molecule has 176 valence electrons. The maximum absolute atomic E-state index is 13.5. The Morgan fingerprint density at radius 3 is 2.52 bits per heavy atom. The molecule has 0 amide bonds. The van der Waals surface area contributed by atoms with E-state index in [1.165, 1.54) is 23.1 Å². The van der Waals surface area contributed by atoms with Gasteiger partial charge in [-0.15, -0.1) is 0 Å². The van der Waals surface area contributed by atoms with E-state index in [2.05, 4.69) is 25.7 Å². The standard InChI is InChI=1S/C21H23F3N6O2S/c1-13-9-16(33(31,32)15-5-7-25-8-6-15)3-4-18(13)28-20-26-11-17(21(22,23)24)19(29-20)14-10-27-30(2)12-14/h3-4,9-12,15,25H,5-8H2,1-2H3,(H,26,28,29). The molecule has 4 rings (SSSR count). The second kappa shape index (κ2) is 8.75. The van der Waals surface area contributed by atoms with Crippen LogP contribution in [0.25, 0.3) is 11.3 Å². The molecule has 1 saturated heterocycles. The number of aromatic nitrogens is 4. The van der Waals surface area contributed by atoms with Crippen LogP contribution < -0.4 is 10.6 Å². The Morgan fingerprint density at radius 1 is 1.18 bits per heavy atom. The van der Waals surface area contributed by atoms with Crippen molar-refractivity contribution >= 4 is 21.5 Å². The van der Waals surface area contributed by atoms with Gasteiger partial charge >= 0.3 is 6.18 Å². The predicted molar refractivity (Wildman–Crippen MR) is 117 cm³/mol. The average Bonchev–Trinajstić information content (AvgIpc) is 3.21. The van der Waals surface area contributed by atoms with Crippen LogP contribution in [-0.2, 0) is 23.1 Å². The number of nitrogens with one attached hydrogen (secondary N) is 2. The minimum absolute atomic E-state index is 0.0427. The fourth-order valence-electron chi connectivity index (χ4n) is 3.79. The molecule has 8 nitrogen and oxygen atoms in total. The highest BCUT2D eigenvalue weighted by molar-refractivity contribution is 7.92. The van der Waals surface area contributed by atoms with Gasteiger partial charge in [0.1, 0.15) is 5.56 Å². The Balaban J connectivity index is 1.64. The highest BCUT2D eigenvalue weighted by Crippen LogP contribution is 2.36. The van der Waals surface area contributed by atoms with Crippen LogP contribution in [0.5, 0.6) is 0 Å². The highest BCUT2D eigenvalue weighted by atomic mass is 32.2. The quantitative estimate of drug-likeness (QED) is 0.577. The lowest BCUT2D eigenvalue weighted by molar-refractivity contribution is -0.137. The molecule has 1 fully saturated rings. The van der Waals surface area contributed by atoms with E-state index < -0.39 is 26.8 Å². The van der Waals surface area contributed by atoms with Crippen LogP contribution >= 0.6 is 0 Å². The summed E-state index contributed by atoms with van der Waals surface area (Å²) in [5.74, 6) is -0.0427. The van der Waals surface area contributed by atoms with Crippen LogP contribution in [0.2, 0.25) is 0 Å². The number of benzene rings is 1. The van der Waals surface area contributed by atoms with E-state index >= 15 is 0 Å². The van der Waals surface area contributed by atoms with Crippen molar-refractivity contribution < 1.29 is 21.6 Å². The van der Waals surface area contributed by atoms with E-state index in [1.807, 2.05) is 0 Å². The van der Waals surface area contributed by atoms with Crippen molar-refractivity contribution in [2.24, 2.45) is 7.05 Å². The molecule has 0 atom stereocenters. The van der Waals surface area contributed by atoms with Crippen molar-refractivity contribution in [2.45, 2.75) is 36.1 Å². The van der Waals surface area contributed by atoms with Gasteiger partial charge in [-0.05, 0) is 56.6 Å². The molecule has 2 aromatic heterocycles. The zero-order valence-electron chi connectivity index (χ0n) is 18.0. The van der Waals surface area contributed by atoms with Crippen LogP contribution in [0, 0.1) is 6.92 Å². The summed E-state index contributed by atoms with van der Waals surface area (Å²) in [7, 11) is -1.87. The zero-order chi connectivity index (χ0) is 23.8. The van der Waals surface area contributed by atoms with E-state index in [1.54, 1.807) is 26.1 Å². The van der Waals surface area contributed by atoms with Crippen LogP contribution in [0.3, 0.4) is 0 Å². The predicted octanol–water partition coefficient (Wildman–Crippen LogP) is 3.47. The molecule has 33 heavy (non-hydrogen) atoms. The number of sulfone groups is 1. The van der Waals surface area contributed by atoms with Crippen molar-refractivity contribution in [3.63, 3.8) is 0 Å². The molecule has 0 aliphatic carbocycles. The molecule has 12 heteroatoms. The van der Waals surface area contributed by atoms with E-state index in [4.69, 9.17) is 0 Å². The number of halogens is 3. The van der Waals surface area contributed by atoms with E-state index in [0.29, 0.717) is 37.2 Å². The number of aryl methyl sites for hydroxylation is 2. The summed E-state index contributed by atoms with van der Waals surface area (Å²) in [5, 5.41) is 9.55. The van der Waals surface area contributed by atoms with Crippen molar-refractivity contribution in [2.75, 3.05) is 18.4 Å². The summed E-state index contributed by atoms with van der Waals surface area (Å²) < 4.78 is 67.8. The minimum Gasteiger partial charge on any atom is -0.324 e. The lowest BCUT2D eigenvalue weighted by Crippen LogP contribution is -2.35. The maximum atomic E-state index is 13.5. The first-order chi connectivity index (χ1) is 15.6. The summed E-state index contributed by atoms with van der Waals surface area (Å²) in [6.07, 6.45) is -0.0664. The first-order valence-electron chi connectivity index (χ1n) is 10.3. The van der Waals surface area contributed by atoms with Gasteiger partial charge in [0.2, 0.25) is 5.95 Å². The van der Waals surface area contributed by atoms with Crippen LogP contribution in [0.1, 0.15) is 24.0 Å². The third-order valence-corrected chi connectivity index (χ3v) is 7.83. The van der Waals surface area contributed by atoms with Gasteiger partial charge < -0.3 is 10.6 Å². The van der Waals surface area contributed by atoms with Gasteiger partial charge in [0, 0.05) is 30.7 Å². The normalized spacial score (nSPS) is 15.5. The number of rotatable bonds is 5. The number of hydrogen-bond acceptors (Lipinski definition) is 7. The number of anilines is 2. The molecule has 0 saturated carbocycles. The number of hydrogen-bond donors (Lipinski definition) is 2. The molecule has 1 aliphatic heterocycles. The fourth-order valence-corrected chi connectivity index (χ4v) is 5.63. The number of nitrogens with zero attached hydrogens (tertiary/aromatic N) is 4. The Labute approximate surface area is 189 Å². The molecule has 0 unspecified atom stereocenters. The highest BCUT2D eigenvalue weighted by Gasteiger charge is 2.36. The van der Waals surface area contributed by atoms with Gasteiger partial charge in [-0.1, -0.05) is 0 Å². The zero-order valence-corrected chi connectivity index (χ0v) is 18.8. The van der Waals surface area contributed by atoms with Gasteiger partial charge in [-0.25, -0.2) is 18.4 Å². The van der Waals surface area contributed by atoms with Gasteiger partial charge in [-0.3, -0.25) is 4.68 Å². The first-order valence-corrected chi connectivity index (χ1v) is 11.9. The fraction of sp³-hybridized carbons (Fsp3) is 0.381. The lowest BCUT2D eigenvalue weighted by atomic mass is 10.1. The number of piperidine rings is 1. The summed E-state index contributed by atoms with van der Waals surface area (Å²) in [6, 6.07) is 4.64. The minimum atomic E-state index is -4.63. The van der Waals surface area contributed by atoms with Crippen molar-refractivity contribution in [1.82, 2.24) is 25.1 Å². The molecular formula is C21H23F3N6O2S. The smallest absolute Gasteiger partial charge is 0.324 e. The van der Waals surface area contributed by atoms with Crippen molar-refractivity contribution in [1.29, 1.82) is 0 Å². The van der Waals surface area contributed by atoms with Gasteiger partial charge in [0.05, 0.1) is 22.0 Å². The third kappa shape index (κ3) is 4.86. The largest absolute Gasteiger partial charge is 0.419 e. The topological polar surface area (TPSA) is 102 Å². The van der Waals surface area contributed by atoms with Crippen molar-refractivity contribution in [3.05, 3.63) is 47.9 Å². The molecule has 2 N–H and O–H groups in total. The Morgan fingerprint density at radius 2 is 1.91 bits per heavy atom. The van der Waals surface area contributed by atoms with Gasteiger partial charge in [-0.2, -0.15) is 18.3 Å². The van der Waals surface area contributed by atoms with Crippen LogP contribution in [0.15, 0.2) is 41.7 Å². The third-order valence-electron chi connectivity index (χ3n) is 5.57. The Hall–Kier alpha value is -2.99. The van der Waals surface area contributed by atoms with Crippen LogP contribution in [-0.4, -0.2) is 46.5 Å². The molecule has 1 aromatic carbocycles. The molecule has 0 spiro atoms. The van der Waals surface area contributed by atoms with E-state index in [-0.39, 0.29) is 22.1 Å². The molecule has 1 aliphatic rings. The molecule has 3 aromatic rings. The second-order valence-corrected chi connectivity index (χ2v) is 10.2. The van der Waals surface area contributed by atoms with Gasteiger partial charge in [0.15, 0.2) is 9.84 Å². The average molecular weight is 481 g/mol. The van der Waals surface area contributed by atoms with Crippen molar-refractivity contribution in [3.8, 4) is 11.3 Å². The Bertz CT molecular complexity index is 1270. The summed E-state index contributed by atoms with van der Waals surface area (Å²) in [6.45, 7) is 3.04.